The Morgan fingerprint density at radius 2 is 1.03 bits per heavy atom. The van der Waals surface area contributed by atoms with Crippen LogP contribution in [0.1, 0.15) is 44.9 Å². The molecular weight excluding hydrogens is 366 g/mol. The zero-order valence-corrected chi connectivity index (χ0v) is 19.1. The Kier molecular flexibility index (Phi) is 5.57. The number of benzene rings is 3. The van der Waals surface area contributed by atoms with E-state index in [1.807, 2.05) is 0 Å². The average molecular weight is 400 g/mol. The SMILES string of the molecule is Cc1cccc(C2CN(c3cccc(C)c3C)NN(c3cccc(C)c3C)C2)c1C. The maximum absolute atomic E-state index is 3.72. The topological polar surface area (TPSA) is 18.5 Å². The number of hydrogen-bond acceptors (Lipinski definition) is 3. The van der Waals surface area contributed by atoms with Crippen LogP contribution in [-0.2, 0) is 0 Å². The molecule has 1 saturated heterocycles. The van der Waals surface area contributed by atoms with Gasteiger partial charge in [-0.2, -0.15) is 0 Å². The summed E-state index contributed by atoms with van der Waals surface area (Å²) in [6.45, 7) is 15.2. The number of hydrogen-bond donors (Lipinski definition) is 1. The van der Waals surface area contributed by atoms with Crippen LogP contribution in [0, 0.1) is 41.5 Å². The number of aryl methyl sites for hydroxylation is 3. The fraction of sp³-hybridized carbons (Fsp3) is 0.333. The third kappa shape index (κ3) is 3.70. The summed E-state index contributed by atoms with van der Waals surface area (Å²) < 4.78 is 0. The molecule has 1 fully saturated rings. The second-order valence-electron chi connectivity index (χ2n) is 8.75. The molecule has 30 heavy (non-hydrogen) atoms. The Morgan fingerprint density at radius 1 is 0.600 bits per heavy atom. The minimum Gasteiger partial charge on any atom is -0.290 e. The van der Waals surface area contributed by atoms with E-state index in [4.69, 9.17) is 0 Å². The molecule has 3 nitrogen and oxygen atoms in total. The lowest BCUT2D eigenvalue weighted by Gasteiger charge is -2.44. The lowest BCUT2D eigenvalue weighted by molar-refractivity contribution is 0.455. The van der Waals surface area contributed by atoms with Gasteiger partial charge in [-0.15, -0.1) is 5.53 Å². The minimum absolute atomic E-state index is 0.408. The van der Waals surface area contributed by atoms with Gasteiger partial charge in [0.05, 0.1) is 11.4 Å². The van der Waals surface area contributed by atoms with E-state index in [2.05, 4.69) is 112 Å². The van der Waals surface area contributed by atoms with E-state index in [1.54, 1.807) is 0 Å². The Bertz CT molecular complexity index is 927. The van der Waals surface area contributed by atoms with Crippen LogP contribution in [-0.4, -0.2) is 13.1 Å². The molecule has 0 aliphatic carbocycles. The van der Waals surface area contributed by atoms with Crippen LogP contribution in [0.15, 0.2) is 54.6 Å². The highest BCUT2D eigenvalue weighted by Crippen LogP contribution is 2.33. The summed E-state index contributed by atoms with van der Waals surface area (Å²) in [7, 11) is 0. The van der Waals surface area contributed by atoms with Crippen molar-refractivity contribution in [2.24, 2.45) is 0 Å². The summed E-state index contributed by atoms with van der Waals surface area (Å²) in [4.78, 5) is 0. The van der Waals surface area contributed by atoms with Crippen LogP contribution >= 0.6 is 0 Å². The Morgan fingerprint density at radius 3 is 1.53 bits per heavy atom. The third-order valence-corrected chi connectivity index (χ3v) is 6.87. The van der Waals surface area contributed by atoms with Crippen LogP contribution in [0.5, 0.6) is 0 Å². The van der Waals surface area contributed by atoms with Crippen LogP contribution in [0.4, 0.5) is 11.4 Å². The van der Waals surface area contributed by atoms with Crippen molar-refractivity contribution in [2.75, 3.05) is 23.1 Å². The monoisotopic (exact) mass is 399 g/mol. The van der Waals surface area contributed by atoms with Crippen molar-refractivity contribution in [3.63, 3.8) is 0 Å². The maximum atomic E-state index is 3.72. The standard InChI is InChI=1S/C27H33N3/c1-18-10-7-13-25(21(18)4)24-16-29(26-14-8-11-19(2)22(26)5)28-30(17-24)27-15-9-12-20(3)23(27)6/h7-15,24,28H,16-17H2,1-6H3. The lowest BCUT2D eigenvalue weighted by atomic mass is 9.90. The molecule has 0 amide bonds. The average Bonchev–Trinajstić information content (AvgIpc) is 2.73. The number of anilines is 2. The van der Waals surface area contributed by atoms with Crippen molar-refractivity contribution in [1.82, 2.24) is 5.53 Å². The zero-order chi connectivity index (χ0) is 21.4. The van der Waals surface area contributed by atoms with E-state index in [-0.39, 0.29) is 0 Å². The van der Waals surface area contributed by atoms with Gasteiger partial charge >= 0.3 is 0 Å². The van der Waals surface area contributed by atoms with Crippen molar-refractivity contribution in [3.8, 4) is 0 Å². The van der Waals surface area contributed by atoms with Gasteiger partial charge < -0.3 is 0 Å². The van der Waals surface area contributed by atoms with Crippen LogP contribution < -0.4 is 15.6 Å². The Hall–Kier alpha value is -2.78. The van der Waals surface area contributed by atoms with Crippen molar-refractivity contribution < 1.29 is 0 Å². The first-order chi connectivity index (χ1) is 14.4. The first-order valence-electron chi connectivity index (χ1n) is 10.9. The summed E-state index contributed by atoms with van der Waals surface area (Å²) in [5.74, 6) is 0.408. The number of nitrogens with zero attached hydrogens (tertiary/aromatic N) is 2. The van der Waals surface area contributed by atoms with Crippen molar-refractivity contribution in [1.29, 1.82) is 0 Å². The van der Waals surface area contributed by atoms with Gasteiger partial charge in [0.15, 0.2) is 0 Å². The van der Waals surface area contributed by atoms with Crippen LogP contribution in [0.2, 0.25) is 0 Å². The van der Waals surface area contributed by atoms with Gasteiger partial charge in [0, 0.05) is 19.0 Å². The fourth-order valence-electron chi connectivity index (χ4n) is 4.50. The predicted molar refractivity (Wildman–Crippen MR) is 128 cm³/mol. The van der Waals surface area contributed by atoms with E-state index in [0.29, 0.717) is 5.92 Å². The Balaban J connectivity index is 1.79. The summed E-state index contributed by atoms with van der Waals surface area (Å²) in [5, 5.41) is 4.67. The number of rotatable bonds is 3. The van der Waals surface area contributed by atoms with Crippen LogP contribution in [0.3, 0.4) is 0 Å². The molecule has 1 heterocycles. The highest BCUT2D eigenvalue weighted by atomic mass is 15.8. The third-order valence-electron chi connectivity index (χ3n) is 6.87. The molecule has 0 radical (unpaired) electrons. The molecule has 0 aromatic heterocycles. The highest BCUT2D eigenvalue weighted by molar-refractivity contribution is 5.60. The smallest absolute Gasteiger partial charge is 0.0569 e. The van der Waals surface area contributed by atoms with E-state index < -0.39 is 0 Å². The van der Waals surface area contributed by atoms with Crippen molar-refractivity contribution >= 4 is 11.4 Å². The molecular formula is C27H33N3. The Labute approximate surface area is 181 Å². The summed E-state index contributed by atoms with van der Waals surface area (Å²) in [6.07, 6.45) is 0. The summed E-state index contributed by atoms with van der Waals surface area (Å²) >= 11 is 0. The van der Waals surface area contributed by atoms with E-state index in [1.165, 1.54) is 50.3 Å². The van der Waals surface area contributed by atoms with E-state index in [9.17, 15) is 0 Å². The molecule has 1 aliphatic rings. The quantitative estimate of drug-likeness (QED) is 0.577. The van der Waals surface area contributed by atoms with E-state index >= 15 is 0 Å². The largest absolute Gasteiger partial charge is 0.290 e. The van der Waals surface area contributed by atoms with Gasteiger partial charge in [-0.25, -0.2) is 0 Å². The fourth-order valence-corrected chi connectivity index (χ4v) is 4.50. The van der Waals surface area contributed by atoms with Gasteiger partial charge in [0.1, 0.15) is 0 Å². The maximum Gasteiger partial charge on any atom is 0.0569 e. The molecule has 0 unspecified atom stereocenters. The first kappa shape index (κ1) is 20.5. The second-order valence-corrected chi connectivity index (χ2v) is 8.75. The van der Waals surface area contributed by atoms with Gasteiger partial charge in [-0.1, -0.05) is 42.5 Å². The normalized spacial score (nSPS) is 15.0. The molecule has 0 atom stereocenters. The first-order valence-corrected chi connectivity index (χ1v) is 10.9. The van der Waals surface area contributed by atoms with Gasteiger partial charge in [-0.3, -0.25) is 10.0 Å². The predicted octanol–water partition coefficient (Wildman–Crippen LogP) is 6.07. The molecule has 4 rings (SSSR count). The number of hydrazine groups is 2. The molecule has 3 heteroatoms. The van der Waals surface area contributed by atoms with Crippen molar-refractivity contribution in [2.45, 2.75) is 47.5 Å². The van der Waals surface area contributed by atoms with Crippen molar-refractivity contribution in [3.05, 3.63) is 93.5 Å². The van der Waals surface area contributed by atoms with Gasteiger partial charge in [-0.05, 0) is 92.6 Å². The minimum atomic E-state index is 0.408. The van der Waals surface area contributed by atoms with Gasteiger partial charge in [0.25, 0.3) is 0 Å². The van der Waals surface area contributed by atoms with Crippen LogP contribution in [0.25, 0.3) is 0 Å². The van der Waals surface area contributed by atoms with E-state index in [0.717, 1.165) is 13.1 Å². The second kappa shape index (κ2) is 8.16. The molecule has 0 saturated carbocycles. The highest BCUT2D eigenvalue weighted by Gasteiger charge is 2.29. The molecule has 1 N–H and O–H groups in total. The molecule has 3 aromatic carbocycles. The zero-order valence-electron chi connectivity index (χ0n) is 19.1. The molecule has 3 aromatic rings. The molecule has 156 valence electrons. The van der Waals surface area contributed by atoms with Gasteiger partial charge in [0.2, 0.25) is 0 Å². The number of nitrogens with one attached hydrogen (secondary N) is 1. The molecule has 1 aliphatic heterocycles. The lowest BCUT2D eigenvalue weighted by Crippen LogP contribution is -2.59. The summed E-state index contributed by atoms with van der Waals surface area (Å²) in [6, 6.07) is 19.9. The molecule has 0 bridgehead atoms. The summed E-state index contributed by atoms with van der Waals surface area (Å²) in [5.41, 5.74) is 15.7. The molecule has 0 spiro atoms.